The molecule has 0 bridgehead atoms. The van der Waals surface area contributed by atoms with E-state index < -0.39 is 17.9 Å². The van der Waals surface area contributed by atoms with E-state index >= 15 is 0 Å². The third-order valence-corrected chi connectivity index (χ3v) is 2.75. The maximum atomic E-state index is 12.0. The van der Waals surface area contributed by atoms with Crippen LogP contribution in [-0.4, -0.2) is 29.6 Å². The van der Waals surface area contributed by atoms with Gasteiger partial charge in [-0.05, 0) is 36.6 Å². The molecule has 1 unspecified atom stereocenters. The van der Waals surface area contributed by atoms with Crippen LogP contribution in [0.1, 0.15) is 30.6 Å². The van der Waals surface area contributed by atoms with Crippen LogP contribution in [0.2, 0.25) is 0 Å². The van der Waals surface area contributed by atoms with Gasteiger partial charge in [0, 0.05) is 5.56 Å². The summed E-state index contributed by atoms with van der Waals surface area (Å²) in [7, 11) is 0. The summed E-state index contributed by atoms with van der Waals surface area (Å²) >= 11 is 0. The predicted octanol–water partition coefficient (Wildman–Crippen LogP) is 1.93. The summed E-state index contributed by atoms with van der Waals surface area (Å²) in [4.78, 5) is 23.1. The van der Waals surface area contributed by atoms with E-state index in [1.165, 1.54) is 0 Å². The molecule has 5 heteroatoms. The number of nitrogens with one attached hydrogen (secondary N) is 1. The van der Waals surface area contributed by atoms with E-state index in [0.717, 1.165) is 0 Å². The van der Waals surface area contributed by atoms with E-state index in [9.17, 15) is 9.59 Å². The summed E-state index contributed by atoms with van der Waals surface area (Å²) < 4.78 is 5.20. The maximum absolute atomic E-state index is 12.0. The molecule has 0 aromatic heterocycles. The Hall–Kier alpha value is -2.48. The van der Waals surface area contributed by atoms with Gasteiger partial charge in [0.2, 0.25) is 0 Å². The summed E-state index contributed by atoms with van der Waals surface area (Å²) in [5, 5.41) is 11.6. The molecule has 21 heavy (non-hydrogen) atoms. The van der Waals surface area contributed by atoms with Crippen molar-refractivity contribution in [2.75, 3.05) is 6.61 Å². The number of carboxylic acid groups (broad SMARTS) is 1. The second-order valence-corrected chi connectivity index (χ2v) is 5.01. The SMILES string of the molecule is C#CCOc1ccc(C(=O)NC(CC(C)C)C(=O)O)cc1. The molecule has 1 atom stereocenters. The number of rotatable bonds is 7. The largest absolute Gasteiger partial charge is 0.481 e. The molecule has 1 rings (SSSR count). The third kappa shape index (κ3) is 5.57. The maximum Gasteiger partial charge on any atom is 0.326 e. The summed E-state index contributed by atoms with van der Waals surface area (Å²) in [6.45, 7) is 3.96. The zero-order valence-corrected chi connectivity index (χ0v) is 12.1. The van der Waals surface area contributed by atoms with Crippen LogP contribution in [0.15, 0.2) is 24.3 Å². The molecule has 0 spiro atoms. The van der Waals surface area contributed by atoms with Gasteiger partial charge in [-0.2, -0.15) is 0 Å². The lowest BCUT2D eigenvalue weighted by Gasteiger charge is -2.16. The molecular formula is C16H19NO4. The molecule has 2 N–H and O–H groups in total. The minimum atomic E-state index is -1.04. The first-order valence-electron chi connectivity index (χ1n) is 6.64. The standard InChI is InChI=1S/C16H19NO4/c1-4-9-21-13-7-5-12(6-8-13)15(18)17-14(16(19)20)10-11(2)3/h1,5-8,11,14H,9-10H2,2-3H3,(H,17,18)(H,19,20). The fourth-order valence-corrected chi connectivity index (χ4v) is 1.76. The predicted molar refractivity (Wildman–Crippen MR) is 79.1 cm³/mol. The van der Waals surface area contributed by atoms with Crippen molar-refractivity contribution >= 4 is 11.9 Å². The summed E-state index contributed by atoms with van der Waals surface area (Å²) in [6.07, 6.45) is 5.46. The van der Waals surface area contributed by atoms with Gasteiger partial charge in [0.25, 0.3) is 5.91 Å². The Labute approximate surface area is 124 Å². The molecule has 0 radical (unpaired) electrons. The second-order valence-electron chi connectivity index (χ2n) is 5.01. The third-order valence-electron chi connectivity index (χ3n) is 2.75. The van der Waals surface area contributed by atoms with Crippen molar-refractivity contribution in [2.45, 2.75) is 26.3 Å². The summed E-state index contributed by atoms with van der Waals surface area (Å²) in [5.41, 5.74) is 0.373. The van der Waals surface area contributed by atoms with Crippen molar-refractivity contribution in [3.63, 3.8) is 0 Å². The molecule has 0 saturated heterocycles. The highest BCUT2D eigenvalue weighted by Crippen LogP contribution is 2.13. The van der Waals surface area contributed by atoms with Crippen LogP contribution in [0.5, 0.6) is 5.75 Å². The number of hydrogen-bond donors (Lipinski definition) is 2. The van der Waals surface area contributed by atoms with Crippen molar-refractivity contribution in [1.82, 2.24) is 5.32 Å². The van der Waals surface area contributed by atoms with Crippen LogP contribution in [0.25, 0.3) is 0 Å². The molecule has 112 valence electrons. The minimum Gasteiger partial charge on any atom is -0.481 e. The average molecular weight is 289 g/mol. The van der Waals surface area contributed by atoms with Crippen molar-refractivity contribution in [2.24, 2.45) is 5.92 Å². The van der Waals surface area contributed by atoms with E-state index in [2.05, 4.69) is 11.2 Å². The van der Waals surface area contributed by atoms with Gasteiger partial charge in [-0.3, -0.25) is 4.79 Å². The molecule has 0 saturated carbocycles. The first-order chi connectivity index (χ1) is 9.93. The lowest BCUT2D eigenvalue weighted by molar-refractivity contribution is -0.139. The monoisotopic (exact) mass is 289 g/mol. The van der Waals surface area contributed by atoms with Crippen LogP contribution < -0.4 is 10.1 Å². The Bertz CT molecular complexity index is 528. The summed E-state index contributed by atoms with van der Waals surface area (Å²) in [5.74, 6) is 1.61. The molecule has 0 fully saturated rings. The molecule has 0 heterocycles. The van der Waals surface area contributed by atoms with Gasteiger partial charge >= 0.3 is 5.97 Å². The first kappa shape index (κ1) is 16.6. The Balaban J connectivity index is 2.69. The fourth-order valence-electron chi connectivity index (χ4n) is 1.76. The number of benzene rings is 1. The molecule has 0 aliphatic rings. The van der Waals surface area contributed by atoms with Crippen LogP contribution in [0, 0.1) is 18.3 Å². The molecule has 1 aromatic carbocycles. The number of carbonyl (C=O) groups is 2. The molecule has 5 nitrogen and oxygen atoms in total. The summed E-state index contributed by atoms with van der Waals surface area (Å²) in [6, 6.07) is 5.47. The Morgan fingerprint density at radius 1 is 1.33 bits per heavy atom. The number of carboxylic acids is 1. The van der Waals surface area contributed by atoms with Gasteiger partial charge in [-0.15, -0.1) is 6.42 Å². The van der Waals surface area contributed by atoms with E-state index in [0.29, 0.717) is 17.7 Å². The molecule has 0 aliphatic carbocycles. The van der Waals surface area contributed by atoms with Crippen LogP contribution in [0.4, 0.5) is 0 Å². The highest BCUT2D eigenvalue weighted by Gasteiger charge is 2.21. The van der Waals surface area contributed by atoms with Crippen molar-refractivity contribution in [1.29, 1.82) is 0 Å². The quantitative estimate of drug-likeness (QED) is 0.752. The zero-order chi connectivity index (χ0) is 15.8. The number of hydrogen-bond acceptors (Lipinski definition) is 3. The van der Waals surface area contributed by atoms with Gasteiger partial charge < -0.3 is 15.2 Å². The molecule has 1 aromatic rings. The van der Waals surface area contributed by atoms with Crippen molar-refractivity contribution < 1.29 is 19.4 Å². The van der Waals surface area contributed by atoms with Gasteiger partial charge in [0.1, 0.15) is 18.4 Å². The zero-order valence-electron chi connectivity index (χ0n) is 12.1. The topological polar surface area (TPSA) is 75.6 Å². The molecule has 1 amide bonds. The smallest absolute Gasteiger partial charge is 0.326 e. The van der Waals surface area contributed by atoms with Crippen LogP contribution in [-0.2, 0) is 4.79 Å². The first-order valence-corrected chi connectivity index (χ1v) is 6.64. The van der Waals surface area contributed by atoms with Gasteiger partial charge in [0.15, 0.2) is 0 Å². The number of amides is 1. The van der Waals surface area contributed by atoms with Gasteiger partial charge in [-0.25, -0.2) is 4.79 Å². The van der Waals surface area contributed by atoms with Crippen LogP contribution in [0.3, 0.4) is 0 Å². The van der Waals surface area contributed by atoms with Crippen LogP contribution >= 0.6 is 0 Å². The van der Waals surface area contributed by atoms with Gasteiger partial charge in [-0.1, -0.05) is 19.8 Å². The average Bonchev–Trinajstić information content (AvgIpc) is 2.44. The van der Waals surface area contributed by atoms with Crippen molar-refractivity contribution in [3.8, 4) is 18.1 Å². The number of aliphatic carboxylic acids is 1. The second kappa shape index (κ2) is 7.95. The number of ether oxygens (including phenoxy) is 1. The molecular weight excluding hydrogens is 270 g/mol. The van der Waals surface area contributed by atoms with E-state index in [1.54, 1.807) is 24.3 Å². The normalized spacial score (nSPS) is 11.5. The highest BCUT2D eigenvalue weighted by atomic mass is 16.5. The van der Waals surface area contributed by atoms with Gasteiger partial charge in [0.05, 0.1) is 0 Å². The fraction of sp³-hybridized carbons (Fsp3) is 0.375. The lowest BCUT2D eigenvalue weighted by Crippen LogP contribution is -2.41. The van der Waals surface area contributed by atoms with E-state index in [-0.39, 0.29) is 12.5 Å². The number of terminal acetylenes is 1. The van der Waals surface area contributed by atoms with Crippen molar-refractivity contribution in [3.05, 3.63) is 29.8 Å². The highest BCUT2D eigenvalue weighted by molar-refractivity contribution is 5.96. The minimum absolute atomic E-state index is 0.154. The number of carbonyl (C=O) groups excluding carboxylic acids is 1. The Morgan fingerprint density at radius 2 is 1.95 bits per heavy atom. The Kier molecular flexibility index (Phi) is 6.28. The lowest BCUT2D eigenvalue weighted by atomic mass is 10.0. The van der Waals surface area contributed by atoms with E-state index in [4.69, 9.17) is 16.3 Å². The molecule has 0 aliphatic heterocycles. The Morgan fingerprint density at radius 3 is 2.43 bits per heavy atom. The van der Waals surface area contributed by atoms with E-state index in [1.807, 2.05) is 13.8 Å².